The highest BCUT2D eigenvalue weighted by molar-refractivity contribution is 5.47. The minimum atomic E-state index is -3.01. The van der Waals surface area contributed by atoms with Crippen LogP contribution in [0.2, 0.25) is 0 Å². The zero-order valence-electron chi connectivity index (χ0n) is 9.68. The van der Waals surface area contributed by atoms with Crippen LogP contribution in [0.5, 0.6) is 5.75 Å². The minimum absolute atomic E-state index is 0.431. The van der Waals surface area contributed by atoms with Gasteiger partial charge in [0.2, 0.25) is 0 Å². The van der Waals surface area contributed by atoms with Crippen molar-refractivity contribution in [2.75, 3.05) is 11.9 Å². The number of ether oxygens (including phenoxy) is 1. The van der Waals surface area contributed by atoms with Crippen LogP contribution in [0, 0.1) is 5.82 Å². The zero-order valence-corrected chi connectivity index (χ0v) is 9.68. The number of rotatable bonds is 7. The van der Waals surface area contributed by atoms with Crippen LogP contribution in [0.15, 0.2) is 18.2 Å². The smallest absolute Gasteiger partial charge is 0.387 e. The molecule has 0 bridgehead atoms. The van der Waals surface area contributed by atoms with Crippen molar-refractivity contribution < 1.29 is 17.9 Å². The van der Waals surface area contributed by atoms with Gasteiger partial charge in [-0.15, -0.1) is 0 Å². The van der Waals surface area contributed by atoms with Gasteiger partial charge in [0.15, 0.2) is 11.6 Å². The summed E-state index contributed by atoms with van der Waals surface area (Å²) in [4.78, 5) is 0. The number of unbranched alkanes of at least 4 members (excludes halogenated alkanes) is 2. The summed E-state index contributed by atoms with van der Waals surface area (Å²) < 4.78 is 41.1. The van der Waals surface area contributed by atoms with Crippen LogP contribution in [0.3, 0.4) is 0 Å². The average molecular weight is 247 g/mol. The predicted molar refractivity (Wildman–Crippen MR) is 61.0 cm³/mol. The van der Waals surface area contributed by atoms with Crippen molar-refractivity contribution in [2.45, 2.75) is 32.8 Å². The van der Waals surface area contributed by atoms with Crippen LogP contribution in [0.1, 0.15) is 26.2 Å². The molecule has 0 heterocycles. The van der Waals surface area contributed by atoms with Crippen LogP contribution in [-0.4, -0.2) is 13.2 Å². The molecule has 2 nitrogen and oxygen atoms in total. The van der Waals surface area contributed by atoms with E-state index in [0.717, 1.165) is 31.9 Å². The van der Waals surface area contributed by atoms with E-state index in [1.54, 1.807) is 0 Å². The van der Waals surface area contributed by atoms with Gasteiger partial charge in [0.05, 0.1) is 0 Å². The third-order valence-corrected chi connectivity index (χ3v) is 2.26. The third kappa shape index (κ3) is 4.97. The summed E-state index contributed by atoms with van der Waals surface area (Å²) in [6.07, 6.45) is 3.20. The molecule has 17 heavy (non-hydrogen) atoms. The molecule has 5 heteroatoms. The lowest BCUT2D eigenvalue weighted by Gasteiger charge is -2.09. The Kier molecular flexibility index (Phi) is 5.66. The molecule has 1 aromatic rings. The van der Waals surface area contributed by atoms with E-state index in [-0.39, 0.29) is 0 Å². The summed E-state index contributed by atoms with van der Waals surface area (Å²) in [6, 6.07) is 3.88. The second-order valence-electron chi connectivity index (χ2n) is 3.66. The molecule has 0 aliphatic carbocycles. The maximum atomic E-state index is 13.3. The molecule has 0 unspecified atom stereocenters. The van der Waals surface area contributed by atoms with Crippen molar-refractivity contribution in [3.63, 3.8) is 0 Å². The molecule has 0 spiro atoms. The number of benzene rings is 1. The van der Waals surface area contributed by atoms with Crippen molar-refractivity contribution in [3.05, 3.63) is 24.0 Å². The molecule has 0 amide bonds. The highest BCUT2D eigenvalue weighted by Gasteiger charge is 2.09. The fourth-order valence-corrected chi connectivity index (χ4v) is 1.41. The first kappa shape index (κ1) is 13.7. The van der Waals surface area contributed by atoms with Gasteiger partial charge in [-0.3, -0.25) is 0 Å². The normalized spacial score (nSPS) is 10.6. The summed E-state index contributed by atoms with van der Waals surface area (Å²) in [5, 5.41) is 3.02. The van der Waals surface area contributed by atoms with Gasteiger partial charge in [-0.2, -0.15) is 8.78 Å². The van der Waals surface area contributed by atoms with E-state index in [9.17, 15) is 13.2 Å². The lowest BCUT2D eigenvalue weighted by Crippen LogP contribution is -2.05. The first-order chi connectivity index (χ1) is 8.13. The number of hydrogen-bond acceptors (Lipinski definition) is 2. The number of hydrogen-bond donors (Lipinski definition) is 1. The summed E-state index contributed by atoms with van der Waals surface area (Å²) in [5.74, 6) is -1.22. The largest absolute Gasteiger partial charge is 0.432 e. The highest BCUT2D eigenvalue weighted by atomic mass is 19.3. The van der Waals surface area contributed by atoms with E-state index >= 15 is 0 Å². The van der Waals surface area contributed by atoms with Crippen molar-refractivity contribution in [3.8, 4) is 5.75 Å². The summed E-state index contributed by atoms with van der Waals surface area (Å²) >= 11 is 0. The lowest BCUT2D eigenvalue weighted by molar-refractivity contribution is -0.0521. The van der Waals surface area contributed by atoms with Crippen LogP contribution in [-0.2, 0) is 0 Å². The Bertz CT molecular complexity index is 345. The van der Waals surface area contributed by atoms with Gasteiger partial charge < -0.3 is 10.1 Å². The van der Waals surface area contributed by atoms with E-state index < -0.39 is 18.2 Å². The fourth-order valence-electron chi connectivity index (χ4n) is 1.41. The predicted octanol–water partition coefficient (Wildman–Crippen LogP) is 4.03. The van der Waals surface area contributed by atoms with Crippen molar-refractivity contribution in [1.29, 1.82) is 0 Å². The Morgan fingerprint density at radius 2 is 2.06 bits per heavy atom. The van der Waals surface area contributed by atoms with Crippen molar-refractivity contribution >= 4 is 5.69 Å². The highest BCUT2D eigenvalue weighted by Crippen LogP contribution is 2.22. The standard InChI is InChI=1S/C12H16F3NO/c1-2-3-4-7-16-9-5-6-11(10(13)8-9)17-12(14)15/h5-6,8,12,16H,2-4,7H2,1H3. The van der Waals surface area contributed by atoms with Crippen LogP contribution in [0.4, 0.5) is 18.9 Å². The maximum Gasteiger partial charge on any atom is 0.387 e. The molecule has 1 rings (SSSR count). The van der Waals surface area contributed by atoms with E-state index in [0.29, 0.717) is 5.69 Å². The first-order valence-electron chi connectivity index (χ1n) is 5.61. The van der Waals surface area contributed by atoms with Crippen LogP contribution < -0.4 is 10.1 Å². The molecule has 0 saturated heterocycles. The monoisotopic (exact) mass is 247 g/mol. The number of halogens is 3. The lowest BCUT2D eigenvalue weighted by atomic mass is 10.2. The Labute approximate surface area is 98.8 Å². The van der Waals surface area contributed by atoms with E-state index in [4.69, 9.17) is 0 Å². The Morgan fingerprint density at radius 3 is 2.65 bits per heavy atom. The quantitative estimate of drug-likeness (QED) is 0.734. The molecule has 0 aliphatic heterocycles. The van der Waals surface area contributed by atoms with Gasteiger partial charge in [0.1, 0.15) is 0 Å². The molecular weight excluding hydrogens is 231 g/mol. The second kappa shape index (κ2) is 7.04. The molecule has 0 saturated carbocycles. The summed E-state index contributed by atoms with van der Waals surface area (Å²) in [7, 11) is 0. The van der Waals surface area contributed by atoms with Gasteiger partial charge in [-0.05, 0) is 18.6 Å². The molecule has 0 radical (unpaired) electrons. The zero-order chi connectivity index (χ0) is 12.7. The molecule has 96 valence electrons. The number of anilines is 1. The molecule has 0 aliphatic rings. The summed E-state index contributed by atoms with van der Waals surface area (Å²) in [6.45, 7) is -0.175. The number of alkyl halides is 2. The second-order valence-corrected chi connectivity index (χ2v) is 3.66. The van der Waals surface area contributed by atoms with E-state index in [1.165, 1.54) is 12.1 Å². The van der Waals surface area contributed by atoms with Gasteiger partial charge in [0, 0.05) is 18.3 Å². The molecule has 0 atom stereocenters. The van der Waals surface area contributed by atoms with Crippen molar-refractivity contribution in [1.82, 2.24) is 0 Å². The van der Waals surface area contributed by atoms with Crippen molar-refractivity contribution in [2.24, 2.45) is 0 Å². The van der Waals surface area contributed by atoms with Crippen LogP contribution in [0.25, 0.3) is 0 Å². The topological polar surface area (TPSA) is 21.3 Å². The molecule has 1 aromatic carbocycles. The third-order valence-electron chi connectivity index (χ3n) is 2.26. The minimum Gasteiger partial charge on any atom is -0.432 e. The Morgan fingerprint density at radius 1 is 1.29 bits per heavy atom. The molecule has 1 N–H and O–H groups in total. The molecular formula is C12H16F3NO. The molecule has 0 fully saturated rings. The van der Waals surface area contributed by atoms with Gasteiger partial charge in [0.25, 0.3) is 0 Å². The Balaban J connectivity index is 2.50. The van der Waals surface area contributed by atoms with Gasteiger partial charge in [-0.1, -0.05) is 19.8 Å². The van der Waals surface area contributed by atoms with Gasteiger partial charge in [-0.25, -0.2) is 4.39 Å². The Hall–Kier alpha value is -1.39. The van der Waals surface area contributed by atoms with E-state index in [1.807, 2.05) is 0 Å². The molecule has 0 aromatic heterocycles. The maximum absolute atomic E-state index is 13.3. The fraction of sp³-hybridized carbons (Fsp3) is 0.500. The van der Waals surface area contributed by atoms with Gasteiger partial charge >= 0.3 is 6.61 Å². The summed E-state index contributed by atoms with van der Waals surface area (Å²) in [5.41, 5.74) is 0.570. The first-order valence-corrected chi connectivity index (χ1v) is 5.61. The SMILES string of the molecule is CCCCCNc1ccc(OC(F)F)c(F)c1. The van der Waals surface area contributed by atoms with Crippen LogP contribution >= 0.6 is 0 Å². The van der Waals surface area contributed by atoms with E-state index in [2.05, 4.69) is 17.0 Å². The average Bonchev–Trinajstić information content (AvgIpc) is 2.27. The number of nitrogens with one attached hydrogen (secondary N) is 1.